The lowest BCUT2D eigenvalue weighted by Gasteiger charge is -2.32. The van der Waals surface area contributed by atoms with Crippen LogP contribution in [0, 0.1) is 0 Å². The quantitative estimate of drug-likeness (QED) is 0.663. The molecule has 1 fully saturated rings. The number of carbonyl (C=O) groups excluding carboxylic acids is 3. The molecule has 100 valence electrons. The molecule has 1 unspecified atom stereocenters. The van der Waals surface area contributed by atoms with Gasteiger partial charge in [-0.05, 0) is 23.9 Å². The Morgan fingerprint density at radius 2 is 2.37 bits per heavy atom. The lowest BCUT2D eigenvalue weighted by molar-refractivity contribution is -0.147. The highest BCUT2D eigenvalue weighted by Gasteiger charge is 2.34. The second-order valence-corrected chi connectivity index (χ2v) is 5.13. The van der Waals surface area contributed by atoms with Crippen molar-refractivity contribution in [3.63, 3.8) is 0 Å². The van der Waals surface area contributed by atoms with Crippen molar-refractivity contribution < 1.29 is 14.4 Å². The van der Waals surface area contributed by atoms with Crippen molar-refractivity contribution in [1.82, 2.24) is 10.2 Å². The summed E-state index contributed by atoms with van der Waals surface area (Å²) in [5.41, 5.74) is 0. The van der Waals surface area contributed by atoms with E-state index in [-0.39, 0.29) is 12.5 Å². The number of hydrogen-bond donors (Lipinski definition) is 1. The van der Waals surface area contributed by atoms with Crippen molar-refractivity contribution in [3.05, 3.63) is 28.5 Å². The van der Waals surface area contributed by atoms with Crippen LogP contribution >= 0.6 is 11.3 Å². The highest BCUT2D eigenvalue weighted by molar-refractivity contribution is 7.10. The second kappa shape index (κ2) is 5.79. The molecule has 1 aromatic rings. The number of nitrogens with zero attached hydrogens (tertiary/aromatic N) is 1. The molecule has 0 saturated carbocycles. The first kappa shape index (κ1) is 13.5. The molecule has 0 aliphatic carbocycles. The molecule has 1 aliphatic rings. The number of nitrogens with one attached hydrogen (secondary N) is 1. The van der Waals surface area contributed by atoms with Gasteiger partial charge in [0.05, 0.1) is 0 Å². The number of hydrogen-bond acceptors (Lipinski definition) is 4. The fourth-order valence-electron chi connectivity index (χ4n) is 1.94. The van der Waals surface area contributed by atoms with Crippen molar-refractivity contribution >= 4 is 35.1 Å². The van der Waals surface area contributed by atoms with Crippen LogP contribution in [0.2, 0.25) is 0 Å². The van der Waals surface area contributed by atoms with Gasteiger partial charge in [-0.1, -0.05) is 13.0 Å². The van der Waals surface area contributed by atoms with Gasteiger partial charge >= 0.3 is 0 Å². The molecule has 0 bridgehead atoms. The topological polar surface area (TPSA) is 66.5 Å². The molecule has 2 heterocycles. The summed E-state index contributed by atoms with van der Waals surface area (Å²) in [4.78, 5) is 37.3. The van der Waals surface area contributed by atoms with Gasteiger partial charge in [0, 0.05) is 11.0 Å². The number of rotatable bonds is 3. The standard InChI is InChI=1S/C13H14N2O3S/c1-2-10-13(18)14-11(16)8-15(10)12(17)6-5-9-4-3-7-19-9/h3-7,10H,2,8H2,1H3,(H,14,16,18). The highest BCUT2D eigenvalue weighted by Crippen LogP contribution is 2.13. The van der Waals surface area contributed by atoms with E-state index in [2.05, 4.69) is 5.32 Å². The predicted molar refractivity (Wildman–Crippen MR) is 72.3 cm³/mol. The molecule has 1 aromatic heterocycles. The number of imide groups is 1. The van der Waals surface area contributed by atoms with Gasteiger partial charge in [-0.15, -0.1) is 11.3 Å². The molecule has 1 aliphatic heterocycles. The Labute approximate surface area is 114 Å². The lowest BCUT2D eigenvalue weighted by Crippen LogP contribution is -2.59. The van der Waals surface area contributed by atoms with Crippen molar-refractivity contribution in [1.29, 1.82) is 0 Å². The minimum Gasteiger partial charge on any atom is -0.318 e. The predicted octanol–water partition coefficient (Wildman–Crippen LogP) is 1.02. The molecule has 6 heteroatoms. The summed E-state index contributed by atoms with van der Waals surface area (Å²) in [5.74, 6) is -1.16. The Hall–Kier alpha value is -1.95. The van der Waals surface area contributed by atoms with Crippen molar-refractivity contribution in [3.8, 4) is 0 Å². The van der Waals surface area contributed by atoms with E-state index in [1.165, 1.54) is 22.3 Å². The van der Waals surface area contributed by atoms with Gasteiger partial charge in [0.1, 0.15) is 12.6 Å². The summed E-state index contributed by atoms with van der Waals surface area (Å²) >= 11 is 1.52. The fraction of sp³-hybridized carbons (Fsp3) is 0.308. The molecular formula is C13H14N2O3S. The first-order valence-electron chi connectivity index (χ1n) is 5.97. The van der Waals surface area contributed by atoms with Crippen LogP contribution in [0.25, 0.3) is 6.08 Å². The Bertz CT molecular complexity index is 522. The van der Waals surface area contributed by atoms with Crippen LogP contribution in [0.5, 0.6) is 0 Å². The molecule has 1 N–H and O–H groups in total. The number of amides is 3. The number of carbonyl (C=O) groups is 3. The van der Waals surface area contributed by atoms with Gasteiger partial charge in [0.25, 0.3) is 0 Å². The first-order valence-corrected chi connectivity index (χ1v) is 6.85. The maximum absolute atomic E-state index is 12.1. The molecule has 1 atom stereocenters. The van der Waals surface area contributed by atoms with E-state index in [1.807, 2.05) is 24.4 Å². The van der Waals surface area contributed by atoms with Gasteiger partial charge in [-0.25, -0.2) is 0 Å². The molecule has 19 heavy (non-hydrogen) atoms. The largest absolute Gasteiger partial charge is 0.318 e. The minimum absolute atomic E-state index is 0.0716. The van der Waals surface area contributed by atoms with Crippen LogP contribution in [0.4, 0.5) is 0 Å². The van der Waals surface area contributed by atoms with Gasteiger partial charge in [-0.2, -0.15) is 0 Å². The normalized spacial score (nSPS) is 19.8. The molecule has 0 aromatic carbocycles. The van der Waals surface area contributed by atoms with Crippen LogP contribution in [0.3, 0.4) is 0 Å². The van der Waals surface area contributed by atoms with Gasteiger partial charge in [0.15, 0.2) is 0 Å². The summed E-state index contributed by atoms with van der Waals surface area (Å²) in [6, 6.07) is 3.21. The average molecular weight is 278 g/mol. The van der Waals surface area contributed by atoms with Crippen molar-refractivity contribution in [2.45, 2.75) is 19.4 Å². The van der Waals surface area contributed by atoms with E-state index in [4.69, 9.17) is 0 Å². The van der Waals surface area contributed by atoms with Crippen molar-refractivity contribution in [2.75, 3.05) is 6.54 Å². The van der Waals surface area contributed by atoms with E-state index in [9.17, 15) is 14.4 Å². The molecule has 5 nitrogen and oxygen atoms in total. The van der Waals surface area contributed by atoms with Crippen LogP contribution < -0.4 is 5.32 Å². The summed E-state index contributed by atoms with van der Waals surface area (Å²) in [6.45, 7) is 1.74. The molecule has 0 spiro atoms. The van der Waals surface area contributed by atoms with Crippen LogP contribution in [-0.2, 0) is 14.4 Å². The fourth-order valence-corrected chi connectivity index (χ4v) is 2.56. The van der Waals surface area contributed by atoms with E-state index in [0.29, 0.717) is 6.42 Å². The monoisotopic (exact) mass is 278 g/mol. The third-order valence-electron chi connectivity index (χ3n) is 2.86. The minimum atomic E-state index is -0.571. The van der Waals surface area contributed by atoms with Gasteiger partial charge in [0.2, 0.25) is 17.7 Å². The Kier molecular flexibility index (Phi) is 4.11. The number of thiophene rings is 1. The summed E-state index contributed by atoms with van der Waals surface area (Å²) in [5, 5.41) is 4.15. The van der Waals surface area contributed by atoms with Crippen LogP contribution in [-0.4, -0.2) is 35.2 Å². The zero-order valence-electron chi connectivity index (χ0n) is 10.5. The van der Waals surface area contributed by atoms with Gasteiger partial charge < -0.3 is 4.90 Å². The Morgan fingerprint density at radius 1 is 1.58 bits per heavy atom. The molecule has 0 radical (unpaired) electrons. The summed E-state index contributed by atoms with van der Waals surface area (Å²) in [6.07, 6.45) is 3.58. The molecular weight excluding hydrogens is 264 g/mol. The van der Waals surface area contributed by atoms with Crippen molar-refractivity contribution in [2.24, 2.45) is 0 Å². The van der Waals surface area contributed by atoms with Crippen LogP contribution in [0.15, 0.2) is 23.6 Å². The van der Waals surface area contributed by atoms with E-state index in [0.717, 1.165) is 4.88 Å². The Morgan fingerprint density at radius 3 is 3.00 bits per heavy atom. The van der Waals surface area contributed by atoms with Crippen LogP contribution in [0.1, 0.15) is 18.2 Å². The van der Waals surface area contributed by atoms with E-state index in [1.54, 1.807) is 6.08 Å². The molecule has 1 saturated heterocycles. The van der Waals surface area contributed by atoms with Gasteiger partial charge in [-0.3, -0.25) is 19.7 Å². The zero-order valence-corrected chi connectivity index (χ0v) is 11.3. The van der Waals surface area contributed by atoms with E-state index < -0.39 is 17.9 Å². The summed E-state index contributed by atoms with van der Waals surface area (Å²) < 4.78 is 0. The second-order valence-electron chi connectivity index (χ2n) is 4.15. The molecule has 2 rings (SSSR count). The Balaban J connectivity index is 2.11. The third kappa shape index (κ3) is 3.08. The maximum atomic E-state index is 12.1. The average Bonchev–Trinajstić information content (AvgIpc) is 2.88. The first-order chi connectivity index (χ1) is 9.11. The SMILES string of the molecule is CCC1C(=O)NC(=O)CN1C(=O)C=Cc1cccs1. The molecule has 3 amide bonds. The van der Waals surface area contributed by atoms with E-state index >= 15 is 0 Å². The third-order valence-corrected chi connectivity index (χ3v) is 3.70. The summed E-state index contributed by atoms with van der Waals surface area (Å²) in [7, 11) is 0. The lowest BCUT2D eigenvalue weighted by atomic mass is 10.1. The smallest absolute Gasteiger partial charge is 0.249 e. The zero-order chi connectivity index (χ0) is 13.8. The number of piperazine rings is 1. The highest BCUT2D eigenvalue weighted by atomic mass is 32.1. The maximum Gasteiger partial charge on any atom is 0.249 e.